The van der Waals surface area contributed by atoms with Crippen LogP contribution in [-0.2, 0) is 11.2 Å². The third kappa shape index (κ3) is 2.69. The lowest BCUT2D eigenvalue weighted by atomic mass is 10.0. The van der Waals surface area contributed by atoms with Crippen LogP contribution in [0.2, 0.25) is 0 Å². The van der Waals surface area contributed by atoms with Crippen LogP contribution in [0.5, 0.6) is 5.75 Å². The van der Waals surface area contributed by atoms with Crippen LogP contribution in [0.3, 0.4) is 0 Å². The topological polar surface area (TPSA) is 89.7 Å². The summed E-state index contributed by atoms with van der Waals surface area (Å²) in [6.07, 6.45) is 0.211. The van der Waals surface area contributed by atoms with Gasteiger partial charge in [0.15, 0.2) is 0 Å². The smallest absolute Gasteiger partial charge is 0.303 e. The predicted octanol–water partition coefficient (Wildman–Crippen LogP) is 2.77. The number of aryl methyl sites for hydroxylation is 1. The standard InChI is InChI=1S/C14H13NO5/c1-20-13-8-9-3-2-4-12(15(18)19)11(9)7-10(13)5-6-14(16)17/h2-4,7-8H,5-6H2,1H3,(H,16,17). The van der Waals surface area contributed by atoms with Crippen molar-refractivity contribution < 1.29 is 19.6 Å². The lowest BCUT2D eigenvalue weighted by Crippen LogP contribution is -2.00. The van der Waals surface area contributed by atoms with E-state index in [2.05, 4.69) is 0 Å². The normalized spacial score (nSPS) is 10.4. The number of ether oxygens (including phenoxy) is 1. The maximum Gasteiger partial charge on any atom is 0.303 e. The molecule has 0 aliphatic heterocycles. The average molecular weight is 275 g/mol. The number of rotatable bonds is 5. The van der Waals surface area contributed by atoms with Crippen molar-refractivity contribution in [3.05, 3.63) is 46.0 Å². The monoisotopic (exact) mass is 275 g/mol. The number of benzene rings is 2. The zero-order chi connectivity index (χ0) is 14.7. The molecule has 6 nitrogen and oxygen atoms in total. The van der Waals surface area contributed by atoms with Crippen LogP contribution in [0.1, 0.15) is 12.0 Å². The number of hydrogen-bond acceptors (Lipinski definition) is 4. The summed E-state index contributed by atoms with van der Waals surface area (Å²) in [6.45, 7) is 0. The Hall–Kier alpha value is -2.63. The second kappa shape index (κ2) is 5.56. The van der Waals surface area contributed by atoms with Crippen molar-refractivity contribution in [2.45, 2.75) is 12.8 Å². The van der Waals surface area contributed by atoms with Gasteiger partial charge in [0, 0.05) is 12.5 Å². The molecule has 0 saturated heterocycles. The Kier molecular flexibility index (Phi) is 3.84. The third-order valence-corrected chi connectivity index (χ3v) is 3.06. The van der Waals surface area contributed by atoms with Gasteiger partial charge in [-0.1, -0.05) is 12.1 Å². The molecule has 2 aromatic rings. The number of nitro groups is 1. The Balaban J connectivity index is 2.58. The molecule has 0 heterocycles. The highest BCUT2D eigenvalue weighted by atomic mass is 16.6. The van der Waals surface area contributed by atoms with Crippen LogP contribution in [0.4, 0.5) is 5.69 Å². The van der Waals surface area contributed by atoms with Crippen LogP contribution in [0.25, 0.3) is 10.8 Å². The first kappa shape index (κ1) is 13.8. The molecular formula is C14H13NO5. The van der Waals surface area contributed by atoms with Crippen molar-refractivity contribution in [2.24, 2.45) is 0 Å². The molecule has 0 saturated carbocycles. The predicted molar refractivity (Wildman–Crippen MR) is 73.1 cm³/mol. The summed E-state index contributed by atoms with van der Waals surface area (Å²) < 4.78 is 5.22. The number of methoxy groups -OCH3 is 1. The number of non-ortho nitro benzene ring substituents is 1. The van der Waals surface area contributed by atoms with Gasteiger partial charge in [-0.2, -0.15) is 0 Å². The van der Waals surface area contributed by atoms with Gasteiger partial charge in [0.25, 0.3) is 5.69 Å². The fourth-order valence-corrected chi connectivity index (χ4v) is 2.12. The first-order chi connectivity index (χ1) is 9.52. The Bertz CT molecular complexity index is 681. The first-order valence-corrected chi connectivity index (χ1v) is 5.98. The Labute approximate surface area is 114 Å². The number of fused-ring (bicyclic) bond motifs is 1. The van der Waals surface area contributed by atoms with Crippen molar-refractivity contribution in [2.75, 3.05) is 7.11 Å². The molecule has 1 N–H and O–H groups in total. The van der Waals surface area contributed by atoms with Crippen LogP contribution >= 0.6 is 0 Å². The number of carboxylic acid groups (broad SMARTS) is 1. The third-order valence-electron chi connectivity index (χ3n) is 3.06. The number of carbonyl (C=O) groups is 1. The van der Waals surface area contributed by atoms with Gasteiger partial charge in [-0.25, -0.2) is 0 Å². The molecular weight excluding hydrogens is 262 g/mol. The van der Waals surface area contributed by atoms with E-state index in [1.54, 1.807) is 24.3 Å². The summed E-state index contributed by atoms with van der Waals surface area (Å²) >= 11 is 0. The molecule has 0 aliphatic rings. The van der Waals surface area contributed by atoms with E-state index in [-0.39, 0.29) is 18.5 Å². The van der Waals surface area contributed by atoms with Gasteiger partial charge in [0.2, 0.25) is 0 Å². The highest BCUT2D eigenvalue weighted by Crippen LogP contribution is 2.32. The summed E-state index contributed by atoms with van der Waals surface area (Å²) in [5.74, 6) is -0.381. The maximum atomic E-state index is 11.0. The number of hydrogen-bond donors (Lipinski definition) is 1. The Morgan fingerprint density at radius 2 is 2.15 bits per heavy atom. The number of nitrogens with zero attached hydrogens (tertiary/aromatic N) is 1. The molecule has 0 fully saturated rings. The molecule has 0 unspecified atom stereocenters. The summed E-state index contributed by atoms with van der Waals surface area (Å²) in [7, 11) is 1.49. The number of carboxylic acids is 1. The van der Waals surface area contributed by atoms with Gasteiger partial charge in [0.05, 0.1) is 17.4 Å². The Morgan fingerprint density at radius 1 is 1.40 bits per heavy atom. The molecule has 6 heteroatoms. The SMILES string of the molecule is COc1cc2cccc([N+](=O)[O-])c2cc1CCC(=O)O. The number of nitro benzene ring substituents is 1. The molecule has 0 bridgehead atoms. The van der Waals surface area contributed by atoms with E-state index in [0.29, 0.717) is 22.1 Å². The van der Waals surface area contributed by atoms with Crippen LogP contribution in [-0.4, -0.2) is 23.1 Å². The zero-order valence-corrected chi connectivity index (χ0v) is 10.8. The minimum absolute atomic E-state index is 0.00160. The van der Waals surface area contributed by atoms with Crippen molar-refractivity contribution in [1.82, 2.24) is 0 Å². The molecule has 0 aromatic heterocycles. The van der Waals surface area contributed by atoms with Gasteiger partial charge in [-0.15, -0.1) is 0 Å². The van der Waals surface area contributed by atoms with Gasteiger partial charge < -0.3 is 9.84 Å². The molecule has 0 radical (unpaired) electrons. The van der Waals surface area contributed by atoms with E-state index in [0.717, 1.165) is 0 Å². The van der Waals surface area contributed by atoms with E-state index in [9.17, 15) is 14.9 Å². The lowest BCUT2D eigenvalue weighted by molar-refractivity contribution is -0.383. The zero-order valence-electron chi connectivity index (χ0n) is 10.8. The average Bonchev–Trinajstić information content (AvgIpc) is 2.42. The second-order valence-corrected chi connectivity index (χ2v) is 4.31. The molecule has 20 heavy (non-hydrogen) atoms. The first-order valence-electron chi connectivity index (χ1n) is 5.98. The van der Waals surface area contributed by atoms with Crippen molar-refractivity contribution in [1.29, 1.82) is 0 Å². The fraction of sp³-hybridized carbons (Fsp3) is 0.214. The second-order valence-electron chi connectivity index (χ2n) is 4.31. The maximum absolute atomic E-state index is 11.0. The fourth-order valence-electron chi connectivity index (χ4n) is 2.12. The lowest BCUT2D eigenvalue weighted by Gasteiger charge is -2.10. The quantitative estimate of drug-likeness (QED) is 0.669. The molecule has 0 aliphatic carbocycles. The van der Waals surface area contributed by atoms with Crippen LogP contribution in [0, 0.1) is 10.1 Å². The molecule has 2 rings (SSSR count). The molecule has 0 amide bonds. The molecule has 0 spiro atoms. The van der Waals surface area contributed by atoms with E-state index in [1.165, 1.54) is 13.2 Å². The van der Waals surface area contributed by atoms with E-state index < -0.39 is 10.9 Å². The minimum Gasteiger partial charge on any atom is -0.496 e. The number of aliphatic carboxylic acids is 1. The van der Waals surface area contributed by atoms with Gasteiger partial charge >= 0.3 is 5.97 Å². The van der Waals surface area contributed by atoms with E-state index in [4.69, 9.17) is 9.84 Å². The largest absolute Gasteiger partial charge is 0.496 e. The van der Waals surface area contributed by atoms with Gasteiger partial charge in [-0.05, 0) is 29.5 Å². The van der Waals surface area contributed by atoms with Gasteiger partial charge in [0.1, 0.15) is 5.75 Å². The van der Waals surface area contributed by atoms with Crippen LogP contribution in [0.15, 0.2) is 30.3 Å². The summed E-state index contributed by atoms with van der Waals surface area (Å²) in [4.78, 5) is 21.2. The summed E-state index contributed by atoms with van der Waals surface area (Å²) in [5.41, 5.74) is 0.651. The van der Waals surface area contributed by atoms with Crippen molar-refractivity contribution >= 4 is 22.4 Å². The van der Waals surface area contributed by atoms with Crippen LogP contribution < -0.4 is 4.74 Å². The van der Waals surface area contributed by atoms with Crippen molar-refractivity contribution in [3.63, 3.8) is 0 Å². The highest BCUT2D eigenvalue weighted by molar-refractivity contribution is 5.92. The van der Waals surface area contributed by atoms with Crippen molar-refractivity contribution in [3.8, 4) is 5.75 Å². The molecule has 0 atom stereocenters. The molecule has 104 valence electrons. The minimum atomic E-state index is -0.922. The Morgan fingerprint density at radius 3 is 2.75 bits per heavy atom. The molecule has 2 aromatic carbocycles. The summed E-state index contributed by atoms with van der Waals surface area (Å²) in [5, 5.41) is 20.9. The van der Waals surface area contributed by atoms with E-state index in [1.807, 2.05) is 0 Å². The highest BCUT2D eigenvalue weighted by Gasteiger charge is 2.15. The van der Waals surface area contributed by atoms with E-state index >= 15 is 0 Å². The van der Waals surface area contributed by atoms with Gasteiger partial charge in [-0.3, -0.25) is 14.9 Å². The summed E-state index contributed by atoms with van der Waals surface area (Å²) in [6, 6.07) is 8.12.